The third-order valence-electron chi connectivity index (χ3n) is 6.72. The number of rotatable bonds is 5. The lowest BCUT2D eigenvalue weighted by molar-refractivity contribution is 0.164. The van der Waals surface area contributed by atoms with Crippen LogP contribution in [0.3, 0.4) is 0 Å². The van der Waals surface area contributed by atoms with Crippen LogP contribution >= 0.6 is 11.6 Å². The molecule has 33 heavy (non-hydrogen) atoms. The van der Waals surface area contributed by atoms with Crippen LogP contribution in [0.4, 0.5) is 0 Å². The topological polar surface area (TPSA) is 34.6 Å². The zero-order valence-electron chi connectivity index (χ0n) is 18.9. The smallest absolute Gasteiger partial charge is 0.227 e. The van der Waals surface area contributed by atoms with Gasteiger partial charge in [0.1, 0.15) is 11.9 Å². The van der Waals surface area contributed by atoms with Crippen molar-refractivity contribution in [1.82, 2.24) is 9.88 Å². The van der Waals surface area contributed by atoms with Gasteiger partial charge in [0.2, 0.25) is 5.88 Å². The van der Waals surface area contributed by atoms with E-state index in [-0.39, 0.29) is 6.10 Å². The second kappa shape index (κ2) is 10.1. The van der Waals surface area contributed by atoms with E-state index in [1.165, 1.54) is 18.4 Å². The van der Waals surface area contributed by atoms with E-state index in [0.717, 1.165) is 53.5 Å². The summed E-state index contributed by atoms with van der Waals surface area (Å²) >= 11 is 6.05. The molecule has 0 saturated carbocycles. The van der Waals surface area contributed by atoms with Gasteiger partial charge in [-0.3, -0.25) is 0 Å². The summed E-state index contributed by atoms with van der Waals surface area (Å²) in [6.07, 6.45) is 15.5. The fourth-order valence-corrected chi connectivity index (χ4v) is 5.00. The molecule has 0 amide bonds. The highest BCUT2D eigenvalue weighted by molar-refractivity contribution is 6.30. The van der Waals surface area contributed by atoms with Crippen molar-refractivity contribution >= 4 is 17.2 Å². The van der Waals surface area contributed by atoms with Crippen LogP contribution in [-0.4, -0.2) is 42.7 Å². The van der Waals surface area contributed by atoms with Gasteiger partial charge in [-0.15, -0.1) is 0 Å². The highest BCUT2D eigenvalue weighted by Crippen LogP contribution is 2.36. The number of allylic oxidation sites excluding steroid dienone is 4. The zero-order valence-corrected chi connectivity index (χ0v) is 19.7. The van der Waals surface area contributed by atoms with Crippen LogP contribution in [0.1, 0.15) is 36.3 Å². The van der Waals surface area contributed by atoms with Crippen molar-refractivity contribution in [2.45, 2.75) is 31.3 Å². The van der Waals surface area contributed by atoms with Gasteiger partial charge in [0.25, 0.3) is 0 Å². The molecule has 3 aliphatic rings. The number of methoxy groups -OCH3 is 1. The summed E-state index contributed by atoms with van der Waals surface area (Å²) < 4.78 is 11.8. The maximum atomic E-state index is 6.17. The molecule has 5 heteroatoms. The van der Waals surface area contributed by atoms with Gasteiger partial charge in [-0.2, -0.15) is 0 Å². The first-order valence-corrected chi connectivity index (χ1v) is 12.0. The van der Waals surface area contributed by atoms with Gasteiger partial charge in [-0.05, 0) is 85.8 Å². The molecule has 3 heterocycles. The second-order valence-electron chi connectivity index (χ2n) is 8.75. The van der Waals surface area contributed by atoms with Crippen LogP contribution in [-0.2, 0) is 4.74 Å². The minimum absolute atomic E-state index is 0.116. The summed E-state index contributed by atoms with van der Waals surface area (Å²) in [7, 11) is 1.73. The summed E-state index contributed by atoms with van der Waals surface area (Å²) in [6.45, 7) is 3.30. The molecule has 2 aliphatic heterocycles. The van der Waals surface area contributed by atoms with Crippen LogP contribution in [0, 0.1) is 0 Å². The predicted octanol–water partition coefficient (Wildman–Crippen LogP) is 6.18. The average Bonchev–Trinajstić information content (AvgIpc) is 3.01. The molecule has 1 atom stereocenters. The van der Waals surface area contributed by atoms with Gasteiger partial charge in [0.15, 0.2) is 0 Å². The minimum atomic E-state index is -0.116. The van der Waals surface area contributed by atoms with Gasteiger partial charge in [0.05, 0.1) is 0 Å². The van der Waals surface area contributed by atoms with Gasteiger partial charge in [-0.25, -0.2) is 4.98 Å². The lowest BCUT2D eigenvalue weighted by Crippen LogP contribution is -2.33. The van der Waals surface area contributed by atoms with E-state index < -0.39 is 0 Å². The number of benzene rings is 1. The predicted molar refractivity (Wildman–Crippen MR) is 133 cm³/mol. The van der Waals surface area contributed by atoms with Crippen LogP contribution in [0.15, 0.2) is 84.3 Å². The third kappa shape index (κ3) is 4.98. The number of nitrogens with zero attached hydrogens (tertiary/aromatic N) is 2. The number of likely N-dealkylation sites (tertiary alicyclic amines) is 1. The quantitative estimate of drug-likeness (QED) is 0.534. The highest BCUT2D eigenvalue weighted by atomic mass is 35.5. The molecule has 2 aromatic rings. The molecule has 1 unspecified atom stereocenters. The molecular weight excluding hydrogens is 432 g/mol. The first kappa shape index (κ1) is 22.1. The van der Waals surface area contributed by atoms with Crippen molar-refractivity contribution < 1.29 is 9.47 Å². The van der Waals surface area contributed by atoms with Gasteiger partial charge in [0, 0.05) is 36.0 Å². The number of aromatic nitrogens is 1. The number of ether oxygens (including phenoxy) is 2. The van der Waals surface area contributed by atoms with Crippen LogP contribution in [0.25, 0.3) is 5.57 Å². The summed E-state index contributed by atoms with van der Waals surface area (Å²) in [5.74, 6) is 2.08. The monoisotopic (exact) mass is 460 g/mol. The van der Waals surface area contributed by atoms with Crippen molar-refractivity contribution in [3.63, 3.8) is 0 Å². The van der Waals surface area contributed by atoms with Crippen LogP contribution < -0.4 is 4.74 Å². The Balaban J connectivity index is 1.27. The van der Waals surface area contributed by atoms with E-state index in [2.05, 4.69) is 40.2 Å². The second-order valence-corrected chi connectivity index (χ2v) is 9.18. The standard InChI is InChI=1S/C28H29ClN2O2/c1-32-26-7-2-8-27-25(26)19-22(24-6-3-15-30-28(24)33-27)5-4-16-31-17-13-21(14-18-31)20-9-11-23(29)12-10-20/h2-3,5-12,15,19,21,26H,4,13-14,16-18H2,1H3. The molecule has 0 N–H and O–H groups in total. The summed E-state index contributed by atoms with van der Waals surface area (Å²) in [5, 5.41) is 0.809. The Kier molecular flexibility index (Phi) is 6.77. The summed E-state index contributed by atoms with van der Waals surface area (Å²) in [5.41, 5.74) is 4.61. The Morgan fingerprint density at radius 2 is 2.00 bits per heavy atom. The SMILES string of the molecule is COC1C=CC=C2Oc3ncccc3C(=CCCN3CCC(c4ccc(Cl)cc4)CC3)C=C21. The molecule has 4 nitrogen and oxygen atoms in total. The van der Waals surface area contributed by atoms with Gasteiger partial charge >= 0.3 is 0 Å². The molecule has 5 rings (SSSR count). The lowest BCUT2D eigenvalue weighted by atomic mass is 9.89. The maximum Gasteiger partial charge on any atom is 0.227 e. The van der Waals surface area contributed by atoms with Crippen LogP contribution in [0.2, 0.25) is 5.02 Å². The van der Waals surface area contributed by atoms with Crippen molar-refractivity contribution in [2.24, 2.45) is 0 Å². The summed E-state index contributed by atoms with van der Waals surface area (Å²) in [6, 6.07) is 12.4. The first-order chi connectivity index (χ1) is 16.2. The minimum Gasteiger partial charge on any atom is -0.438 e. The molecule has 0 bridgehead atoms. The number of fused-ring (bicyclic) bond motifs is 2. The fraction of sp³-hybridized carbons (Fsp3) is 0.321. The number of pyridine rings is 1. The van der Waals surface area contributed by atoms with E-state index in [4.69, 9.17) is 21.1 Å². The Morgan fingerprint density at radius 3 is 2.79 bits per heavy atom. The Labute approximate surface area is 200 Å². The molecule has 1 aliphatic carbocycles. The fourth-order valence-electron chi connectivity index (χ4n) is 4.87. The van der Waals surface area contributed by atoms with Crippen molar-refractivity contribution in [2.75, 3.05) is 26.7 Å². The van der Waals surface area contributed by atoms with E-state index >= 15 is 0 Å². The Morgan fingerprint density at radius 1 is 1.18 bits per heavy atom. The molecule has 170 valence electrons. The molecule has 1 aromatic carbocycles. The maximum absolute atomic E-state index is 6.17. The van der Waals surface area contributed by atoms with E-state index in [1.54, 1.807) is 13.3 Å². The molecule has 0 radical (unpaired) electrons. The van der Waals surface area contributed by atoms with E-state index in [0.29, 0.717) is 11.8 Å². The summed E-state index contributed by atoms with van der Waals surface area (Å²) in [4.78, 5) is 7.06. The normalized spacial score (nSPS) is 22.1. The van der Waals surface area contributed by atoms with Crippen molar-refractivity contribution in [3.8, 4) is 5.88 Å². The van der Waals surface area contributed by atoms with Crippen molar-refractivity contribution in [3.05, 3.63) is 100 Å². The molecule has 1 aromatic heterocycles. The number of hydrogen-bond donors (Lipinski definition) is 0. The van der Waals surface area contributed by atoms with Crippen molar-refractivity contribution in [1.29, 1.82) is 0 Å². The largest absolute Gasteiger partial charge is 0.438 e. The number of piperidine rings is 1. The molecule has 1 saturated heterocycles. The first-order valence-electron chi connectivity index (χ1n) is 11.7. The average molecular weight is 461 g/mol. The Bertz CT molecular complexity index is 1110. The third-order valence-corrected chi connectivity index (χ3v) is 6.97. The van der Waals surface area contributed by atoms with E-state index in [9.17, 15) is 0 Å². The Hall–Kier alpha value is -2.66. The number of halogens is 1. The molecular formula is C28H29ClN2O2. The number of hydrogen-bond acceptors (Lipinski definition) is 4. The lowest BCUT2D eigenvalue weighted by Gasteiger charge is -2.32. The van der Waals surface area contributed by atoms with Gasteiger partial charge in [-0.1, -0.05) is 42.0 Å². The molecule has 0 spiro atoms. The van der Waals surface area contributed by atoms with Gasteiger partial charge < -0.3 is 14.4 Å². The van der Waals surface area contributed by atoms with E-state index in [1.807, 2.05) is 36.4 Å². The molecule has 1 fully saturated rings. The zero-order chi connectivity index (χ0) is 22.6. The highest BCUT2D eigenvalue weighted by Gasteiger charge is 2.25. The van der Waals surface area contributed by atoms with Crippen LogP contribution in [0.5, 0.6) is 5.88 Å².